The van der Waals surface area contributed by atoms with Gasteiger partial charge in [0, 0.05) is 51.5 Å². The molecule has 0 unspecified atom stereocenters. The van der Waals surface area contributed by atoms with Crippen LogP contribution in [0.3, 0.4) is 0 Å². The van der Waals surface area contributed by atoms with Gasteiger partial charge in [-0.05, 0) is 42.3 Å². The second-order valence-electron chi connectivity index (χ2n) is 7.17. The fourth-order valence-corrected chi connectivity index (χ4v) is 2.64. The van der Waals surface area contributed by atoms with Gasteiger partial charge in [-0.3, -0.25) is 14.4 Å². The highest BCUT2D eigenvalue weighted by Crippen LogP contribution is 2.13. The lowest BCUT2D eigenvalue weighted by Crippen LogP contribution is -2.23. The molecular formula is C22H28N4O3. The van der Waals surface area contributed by atoms with E-state index >= 15 is 0 Å². The van der Waals surface area contributed by atoms with Crippen LogP contribution in [-0.2, 0) is 16.0 Å². The van der Waals surface area contributed by atoms with E-state index in [9.17, 15) is 14.4 Å². The minimum atomic E-state index is -0.190. The van der Waals surface area contributed by atoms with Crippen LogP contribution in [0.15, 0.2) is 48.5 Å². The number of nitrogens with one attached hydrogen (secondary N) is 2. The number of carbonyl (C=O) groups excluding carboxylic acids is 3. The van der Waals surface area contributed by atoms with Crippen LogP contribution in [0.25, 0.3) is 0 Å². The molecule has 2 aromatic rings. The number of anilines is 2. The molecule has 2 N–H and O–H groups in total. The van der Waals surface area contributed by atoms with Gasteiger partial charge in [0.05, 0.1) is 6.54 Å². The number of amides is 3. The van der Waals surface area contributed by atoms with E-state index in [0.29, 0.717) is 29.8 Å². The number of rotatable bonds is 8. The number of aryl methyl sites for hydroxylation is 1. The van der Waals surface area contributed by atoms with Crippen LogP contribution < -0.4 is 10.6 Å². The van der Waals surface area contributed by atoms with E-state index in [1.54, 1.807) is 51.3 Å². The Hall–Kier alpha value is -3.35. The van der Waals surface area contributed by atoms with Crippen molar-refractivity contribution in [3.63, 3.8) is 0 Å². The first-order valence-electron chi connectivity index (χ1n) is 9.41. The van der Waals surface area contributed by atoms with Gasteiger partial charge in [0.1, 0.15) is 0 Å². The summed E-state index contributed by atoms with van der Waals surface area (Å²) in [4.78, 5) is 38.9. The molecular weight excluding hydrogens is 368 g/mol. The topological polar surface area (TPSA) is 81.8 Å². The zero-order chi connectivity index (χ0) is 21.4. The van der Waals surface area contributed by atoms with Crippen molar-refractivity contribution in [3.8, 4) is 0 Å². The second kappa shape index (κ2) is 10.3. The third-order valence-corrected chi connectivity index (χ3v) is 4.33. The Bertz CT molecular complexity index is 861. The van der Waals surface area contributed by atoms with Crippen LogP contribution in [0.2, 0.25) is 0 Å². The molecule has 0 aromatic heterocycles. The normalized spacial score (nSPS) is 10.2. The van der Waals surface area contributed by atoms with Gasteiger partial charge in [-0.15, -0.1) is 0 Å². The maximum Gasteiger partial charge on any atom is 0.253 e. The van der Waals surface area contributed by atoms with Crippen molar-refractivity contribution in [2.45, 2.75) is 12.8 Å². The van der Waals surface area contributed by atoms with Gasteiger partial charge in [-0.2, -0.15) is 0 Å². The lowest BCUT2D eigenvalue weighted by molar-refractivity contribution is -0.128. The first kappa shape index (κ1) is 21.9. The maximum atomic E-state index is 12.2. The minimum Gasteiger partial charge on any atom is -0.376 e. The fourth-order valence-electron chi connectivity index (χ4n) is 2.64. The molecule has 0 saturated carbocycles. The van der Waals surface area contributed by atoms with Gasteiger partial charge in [0.15, 0.2) is 0 Å². The minimum absolute atomic E-state index is 0.0820. The highest BCUT2D eigenvalue weighted by molar-refractivity contribution is 5.96. The molecule has 2 aromatic carbocycles. The lowest BCUT2D eigenvalue weighted by atomic mass is 10.1. The number of benzene rings is 2. The molecule has 0 aliphatic carbocycles. The average Bonchev–Trinajstić information content (AvgIpc) is 2.71. The summed E-state index contributed by atoms with van der Waals surface area (Å²) in [5, 5.41) is 5.85. The van der Waals surface area contributed by atoms with E-state index in [2.05, 4.69) is 10.6 Å². The largest absolute Gasteiger partial charge is 0.376 e. The third-order valence-electron chi connectivity index (χ3n) is 4.33. The Morgan fingerprint density at radius 3 is 2.17 bits per heavy atom. The second-order valence-corrected chi connectivity index (χ2v) is 7.17. The third kappa shape index (κ3) is 6.95. The van der Waals surface area contributed by atoms with Crippen molar-refractivity contribution in [1.29, 1.82) is 0 Å². The van der Waals surface area contributed by atoms with Gasteiger partial charge in [-0.1, -0.05) is 18.2 Å². The summed E-state index contributed by atoms with van der Waals surface area (Å²) in [5.74, 6) is -0.194. The Labute approximate surface area is 171 Å². The molecule has 29 heavy (non-hydrogen) atoms. The Morgan fingerprint density at radius 2 is 1.55 bits per heavy atom. The van der Waals surface area contributed by atoms with Crippen LogP contribution >= 0.6 is 0 Å². The van der Waals surface area contributed by atoms with Crippen molar-refractivity contribution in [1.82, 2.24) is 9.80 Å². The van der Waals surface area contributed by atoms with Gasteiger partial charge in [0.2, 0.25) is 11.8 Å². The summed E-state index contributed by atoms with van der Waals surface area (Å²) in [7, 11) is 6.87. The maximum absolute atomic E-state index is 12.2. The monoisotopic (exact) mass is 396 g/mol. The number of hydrogen-bond donors (Lipinski definition) is 2. The van der Waals surface area contributed by atoms with Crippen molar-refractivity contribution in [2.24, 2.45) is 0 Å². The lowest BCUT2D eigenvalue weighted by Gasteiger charge is -2.12. The smallest absolute Gasteiger partial charge is 0.253 e. The number of carbonyl (C=O) groups is 3. The first-order valence-corrected chi connectivity index (χ1v) is 9.41. The molecule has 0 saturated heterocycles. The molecule has 154 valence electrons. The molecule has 2 rings (SSSR count). The summed E-state index contributed by atoms with van der Waals surface area (Å²) in [6, 6.07) is 14.5. The van der Waals surface area contributed by atoms with Crippen molar-refractivity contribution < 1.29 is 14.4 Å². The number of nitrogens with zero attached hydrogens (tertiary/aromatic N) is 2. The molecule has 7 nitrogen and oxygen atoms in total. The standard InChI is InChI=1S/C22H28N4O3/c1-25(2)21(28)13-10-16-8-11-18(12-9-16)24-20(27)15-23-19-7-5-6-17(14-19)22(29)26(3)4/h5-9,11-12,14,23H,10,13,15H2,1-4H3,(H,24,27). The van der Waals surface area contributed by atoms with Crippen molar-refractivity contribution in [2.75, 3.05) is 45.4 Å². The summed E-state index contributed by atoms with van der Waals surface area (Å²) < 4.78 is 0. The van der Waals surface area contributed by atoms with E-state index in [-0.39, 0.29) is 24.3 Å². The van der Waals surface area contributed by atoms with Gasteiger partial charge in [0.25, 0.3) is 5.91 Å². The van der Waals surface area contributed by atoms with Crippen LogP contribution in [-0.4, -0.2) is 62.3 Å². The first-order chi connectivity index (χ1) is 13.8. The van der Waals surface area contributed by atoms with Crippen LogP contribution in [0.5, 0.6) is 0 Å². The van der Waals surface area contributed by atoms with Crippen molar-refractivity contribution >= 4 is 29.1 Å². The average molecular weight is 396 g/mol. The van der Waals surface area contributed by atoms with Crippen LogP contribution in [0.4, 0.5) is 11.4 Å². The van der Waals surface area contributed by atoms with E-state index < -0.39 is 0 Å². The summed E-state index contributed by atoms with van der Waals surface area (Å²) >= 11 is 0. The Morgan fingerprint density at radius 1 is 0.862 bits per heavy atom. The molecule has 0 heterocycles. The fraction of sp³-hybridized carbons (Fsp3) is 0.318. The Balaban J connectivity index is 1.84. The van der Waals surface area contributed by atoms with E-state index in [1.165, 1.54) is 4.90 Å². The molecule has 0 fully saturated rings. The quantitative estimate of drug-likeness (QED) is 0.718. The summed E-state index contributed by atoms with van der Waals surface area (Å²) in [6.45, 7) is 0.0820. The predicted octanol–water partition coefficient (Wildman–Crippen LogP) is 2.46. The van der Waals surface area contributed by atoms with E-state index in [0.717, 1.165) is 5.56 Å². The van der Waals surface area contributed by atoms with Crippen LogP contribution in [0, 0.1) is 0 Å². The molecule has 0 aliphatic heterocycles. The molecule has 0 spiro atoms. The molecule has 0 aliphatic rings. The summed E-state index contributed by atoms with van der Waals surface area (Å²) in [6.07, 6.45) is 1.12. The predicted molar refractivity (Wildman–Crippen MR) is 115 cm³/mol. The highest BCUT2D eigenvalue weighted by Gasteiger charge is 2.09. The van der Waals surface area contributed by atoms with Crippen molar-refractivity contribution in [3.05, 3.63) is 59.7 Å². The molecule has 7 heteroatoms. The van der Waals surface area contributed by atoms with E-state index in [4.69, 9.17) is 0 Å². The van der Waals surface area contributed by atoms with Gasteiger partial charge >= 0.3 is 0 Å². The zero-order valence-electron chi connectivity index (χ0n) is 17.4. The summed E-state index contributed by atoms with van der Waals surface area (Å²) in [5.41, 5.74) is 2.99. The molecule has 0 radical (unpaired) electrons. The Kier molecular flexibility index (Phi) is 7.77. The molecule has 0 bridgehead atoms. The van der Waals surface area contributed by atoms with Gasteiger partial charge in [-0.25, -0.2) is 0 Å². The zero-order valence-corrected chi connectivity index (χ0v) is 17.4. The van der Waals surface area contributed by atoms with E-state index in [1.807, 2.05) is 30.3 Å². The van der Waals surface area contributed by atoms with Gasteiger partial charge < -0.3 is 20.4 Å². The highest BCUT2D eigenvalue weighted by atomic mass is 16.2. The SMILES string of the molecule is CN(C)C(=O)CCc1ccc(NC(=O)CNc2cccc(C(=O)N(C)C)c2)cc1. The number of hydrogen-bond acceptors (Lipinski definition) is 4. The molecule has 0 atom stereocenters. The molecule has 3 amide bonds. The van der Waals surface area contributed by atoms with Crippen LogP contribution in [0.1, 0.15) is 22.3 Å².